The molecule has 0 bridgehead atoms. The summed E-state index contributed by atoms with van der Waals surface area (Å²) in [5.74, 6) is 1.42. The van der Waals surface area contributed by atoms with Gasteiger partial charge in [-0.2, -0.15) is 0 Å². The van der Waals surface area contributed by atoms with E-state index in [4.69, 9.17) is 5.73 Å². The third kappa shape index (κ3) is 2.77. The molecule has 1 unspecified atom stereocenters. The number of hydrogen-bond acceptors (Lipinski definition) is 6. The summed E-state index contributed by atoms with van der Waals surface area (Å²) in [6, 6.07) is 2.57. The number of rotatable bonds is 3. The fourth-order valence-electron chi connectivity index (χ4n) is 2.85. The van der Waals surface area contributed by atoms with Gasteiger partial charge in [0.15, 0.2) is 0 Å². The Bertz CT molecular complexity index is 596. The van der Waals surface area contributed by atoms with E-state index >= 15 is 0 Å². The fourth-order valence-corrected chi connectivity index (χ4v) is 3.64. The molecule has 1 saturated heterocycles. The molecule has 2 N–H and O–H groups in total. The maximum absolute atomic E-state index is 6.01. The second-order valence-electron chi connectivity index (χ2n) is 5.64. The van der Waals surface area contributed by atoms with Gasteiger partial charge < -0.3 is 10.6 Å². The van der Waals surface area contributed by atoms with E-state index in [9.17, 15) is 0 Å². The maximum Gasteiger partial charge on any atom is 0.146 e. The lowest BCUT2D eigenvalue weighted by Gasteiger charge is -2.35. The summed E-state index contributed by atoms with van der Waals surface area (Å²) < 4.78 is 0. The zero-order chi connectivity index (χ0) is 14.1. The summed E-state index contributed by atoms with van der Waals surface area (Å²) in [5, 5.41) is 2.98. The van der Waals surface area contributed by atoms with Crippen LogP contribution in [0.25, 0.3) is 10.2 Å². The van der Waals surface area contributed by atoms with Crippen LogP contribution < -0.4 is 5.73 Å². The average Bonchev–Trinajstić information content (AvgIpc) is 2.87. The van der Waals surface area contributed by atoms with Gasteiger partial charge in [0.25, 0.3) is 0 Å². The van der Waals surface area contributed by atoms with Crippen molar-refractivity contribution in [2.24, 2.45) is 0 Å². The van der Waals surface area contributed by atoms with Crippen LogP contribution >= 0.6 is 11.3 Å². The highest BCUT2D eigenvalue weighted by Crippen LogP contribution is 2.23. The van der Waals surface area contributed by atoms with Crippen LogP contribution in [-0.2, 0) is 6.54 Å². The molecule has 6 heteroatoms. The highest BCUT2D eigenvalue weighted by atomic mass is 32.1. The molecule has 1 fully saturated rings. The van der Waals surface area contributed by atoms with Crippen molar-refractivity contribution in [3.8, 4) is 0 Å². The number of nitrogens with two attached hydrogens (primary N) is 1. The van der Waals surface area contributed by atoms with Gasteiger partial charge in [-0.25, -0.2) is 9.97 Å². The summed E-state index contributed by atoms with van der Waals surface area (Å²) in [7, 11) is 4.34. The van der Waals surface area contributed by atoms with Gasteiger partial charge in [-0.1, -0.05) is 0 Å². The molecule has 0 radical (unpaired) electrons. The molecule has 0 spiro atoms. The molecule has 1 aliphatic rings. The first-order valence-electron chi connectivity index (χ1n) is 7.02. The molecule has 108 valence electrons. The lowest BCUT2D eigenvalue weighted by Crippen LogP contribution is -2.44. The van der Waals surface area contributed by atoms with E-state index in [1.807, 2.05) is 11.4 Å². The number of hydrogen-bond donors (Lipinski definition) is 1. The Balaban J connectivity index is 1.75. The quantitative estimate of drug-likeness (QED) is 0.934. The number of piperidine rings is 1. The number of thiophene rings is 1. The molecule has 3 rings (SSSR count). The zero-order valence-corrected chi connectivity index (χ0v) is 12.9. The van der Waals surface area contributed by atoms with E-state index in [2.05, 4.69) is 33.9 Å². The Labute approximate surface area is 123 Å². The molecular formula is C14H21N5S. The van der Waals surface area contributed by atoms with Gasteiger partial charge >= 0.3 is 0 Å². The molecule has 0 aliphatic carbocycles. The lowest BCUT2D eigenvalue weighted by atomic mass is 10.1. The third-order valence-electron chi connectivity index (χ3n) is 4.01. The first-order valence-corrected chi connectivity index (χ1v) is 7.90. The summed E-state index contributed by atoms with van der Waals surface area (Å²) in [5.41, 5.74) is 6.01. The Morgan fingerprint density at radius 1 is 1.50 bits per heavy atom. The minimum Gasteiger partial charge on any atom is -0.383 e. The van der Waals surface area contributed by atoms with E-state index in [-0.39, 0.29) is 0 Å². The van der Waals surface area contributed by atoms with Gasteiger partial charge in [-0.15, -0.1) is 11.3 Å². The third-order valence-corrected chi connectivity index (χ3v) is 4.82. The van der Waals surface area contributed by atoms with Crippen molar-refractivity contribution in [3.05, 3.63) is 17.3 Å². The van der Waals surface area contributed by atoms with Crippen LogP contribution in [0.1, 0.15) is 18.7 Å². The Kier molecular flexibility index (Phi) is 3.87. The van der Waals surface area contributed by atoms with Crippen molar-refractivity contribution in [1.29, 1.82) is 0 Å². The zero-order valence-electron chi connectivity index (χ0n) is 12.0. The van der Waals surface area contributed by atoms with E-state index < -0.39 is 0 Å². The molecular weight excluding hydrogens is 270 g/mol. The predicted octanol–water partition coefficient (Wildman–Crippen LogP) is 1.80. The summed E-state index contributed by atoms with van der Waals surface area (Å²) in [4.78, 5) is 14.8. The van der Waals surface area contributed by atoms with Crippen molar-refractivity contribution in [2.45, 2.75) is 25.4 Å². The van der Waals surface area contributed by atoms with Gasteiger partial charge in [0.2, 0.25) is 0 Å². The Hall–Kier alpha value is -1.24. The van der Waals surface area contributed by atoms with Crippen molar-refractivity contribution < 1.29 is 0 Å². The summed E-state index contributed by atoms with van der Waals surface area (Å²) in [6.45, 7) is 3.08. The molecule has 5 nitrogen and oxygen atoms in total. The standard InChI is InChI=1S/C14H21N5S/c1-18-6-3-4-10(8-18)19(2)9-12-16-13(15)11-5-7-20-14(11)17-12/h5,7,10H,3-4,6,8-9H2,1-2H3,(H2,15,16,17). The second-order valence-corrected chi connectivity index (χ2v) is 6.53. The molecule has 3 heterocycles. The Morgan fingerprint density at radius 2 is 2.35 bits per heavy atom. The number of likely N-dealkylation sites (tertiary alicyclic amines) is 1. The minimum absolute atomic E-state index is 0.581. The SMILES string of the molecule is CN1CCCC(N(C)Cc2nc(N)c3ccsc3n2)C1. The molecule has 2 aromatic heterocycles. The van der Waals surface area contributed by atoms with Crippen molar-refractivity contribution in [1.82, 2.24) is 19.8 Å². The molecule has 1 aliphatic heterocycles. The molecule has 1 atom stereocenters. The fraction of sp³-hybridized carbons (Fsp3) is 0.571. The number of nitrogen functional groups attached to an aromatic ring is 1. The van der Waals surface area contributed by atoms with Crippen molar-refractivity contribution >= 4 is 27.4 Å². The summed E-state index contributed by atoms with van der Waals surface area (Å²) >= 11 is 1.62. The van der Waals surface area contributed by atoms with Crippen LogP contribution in [0.5, 0.6) is 0 Å². The van der Waals surface area contributed by atoms with Crippen LogP contribution in [-0.4, -0.2) is 53.0 Å². The average molecular weight is 291 g/mol. The molecule has 2 aromatic rings. The van der Waals surface area contributed by atoms with Gasteiger partial charge in [0.05, 0.1) is 11.9 Å². The number of aromatic nitrogens is 2. The lowest BCUT2D eigenvalue weighted by molar-refractivity contribution is 0.127. The van der Waals surface area contributed by atoms with Crippen LogP contribution in [0.4, 0.5) is 5.82 Å². The minimum atomic E-state index is 0.581. The molecule has 20 heavy (non-hydrogen) atoms. The molecule has 0 aromatic carbocycles. The van der Waals surface area contributed by atoms with E-state index in [0.717, 1.165) is 29.1 Å². The van der Waals surface area contributed by atoms with Gasteiger partial charge in [0, 0.05) is 12.6 Å². The largest absolute Gasteiger partial charge is 0.383 e. The number of anilines is 1. The van der Waals surface area contributed by atoms with Crippen LogP contribution in [0, 0.1) is 0 Å². The topological polar surface area (TPSA) is 58.3 Å². The normalized spacial score (nSPS) is 20.9. The van der Waals surface area contributed by atoms with E-state index in [1.54, 1.807) is 11.3 Å². The van der Waals surface area contributed by atoms with Crippen LogP contribution in [0.15, 0.2) is 11.4 Å². The van der Waals surface area contributed by atoms with Crippen LogP contribution in [0.2, 0.25) is 0 Å². The highest BCUT2D eigenvalue weighted by Gasteiger charge is 2.22. The molecule has 0 amide bonds. The highest BCUT2D eigenvalue weighted by molar-refractivity contribution is 7.16. The van der Waals surface area contributed by atoms with Gasteiger partial charge in [-0.3, -0.25) is 4.90 Å². The number of fused-ring (bicyclic) bond motifs is 1. The maximum atomic E-state index is 6.01. The summed E-state index contributed by atoms with van der Waals surface area (Å²) in [6.07, 6.45) is 2.51. The van der Waals surface area contributed by atoms with Crippen molar-refractivity contribution in [3.63, 3.8) is 0 Å². The van der Waals surface area contributed by atoms with Crippen LogP contribution in [0.3, 0.4) is 0 Å². The predicted molar refractivity (Wildman–Crippen MR) is 83.8 cm³/mol. The van der Waals surface area contributed by atoms with Crippen molar-refractivity contribution in [2.75, 3.05) is 32.9 Å². The Morgan fingerprint density at radius 3 is 3.15 bits per heavy atom. The van der Waals surface area contributed by atoms with E-state index in [1.165, 1.54) is 19.4 Å². The smallest absolute Gasteiger partial charge is 0.146 e. The monoisotopic (exact) mass is 291 g/mol. The second kappa shape index (κ2) is 5.63. The van der Waals surface area contributed by atoms with E-state index in [0.29, 0.717) is 11.9 Å². The first-order chi connectivity index (χ1) is 9.63. The number of likely N-dealkylation sites (N-methyl/N-ethyl adjacent to an activating group) is 2. The number of nitrogens with zero attached hydrogens (tertiary/aromatic N) is 4. The van der Waals surface area contributed by atoms with Gasteiger partial charge in [0.1, 0.15) is 16.5 Å². The van der Waals surface area contributed by atoms with Gasteiger partial charge in [-0.05, 0) is 44.9 Å². The molecule has 0 saturated carbocycles. The first kappa shape index (κ1) is 13.7.